The molecule has 122 valence electrons. The molecule has 0 bridgehead atoms. The van der Waals surface area contributed by atoms with Crippen LogP contribution < -0.4 is 5.32 Å². The van der Waals surface area contributed by atoms with Crippen LogP contribution in [0.3, 0.4) is 0 Å². The molecule has 2 N–H and O–H groups in total. The molecule has 1 aliphatic rings. The summed E-state index contributed by atoms with van der Waals surface area (Å²) in [7, 11) is 0. The van der Waals surface area contributed by atoms with Crippen LogP contribution in [0.4, 0.5) is 0 Å². The van der Waals surface area contributed by atoms with Crippen LogP contribution in [0.25, 0.3) is 0 Å². The van der Waals surface area contributed by atoms with Crippen LogP contribution in [-0.4, -0.2) is 28.1 Å². The molecule has 0 aliphatic heterocycles. The number of nitrogens with one attached hydrogen (secondary N) is 1. The molecule has 5 heteroatoms. The molecule has 0 spiro atoms. The van der Waals surface area contributed by atoms with Crippen molar-refractivity contribution in [3.63, 3.8) is 0 Å². The first-order valence-electron chi connectivity index (χ1n) is 7.79. The lowest BCUT2D eigenvalue weighted by Crippen LogP contribution is -2.52. The molecule has 0 atom stereocenters. The number of aliphatic hydroxyl groups excluding tert-OH is 1. The van der Waals surface area contributed by atoms with Gasteiger partial charge in [-0.15, -0.1) is 11.3 Å². The number of benzene rings is 1. The first-order chi connectivity index (χ1) is 10.8. The number of aromatic nitrogens is 1. The summed E-state index contributed by atoms with van der Waals surface area (Å²) in [5.41, 5.74) is 2.13. The van der Waals surface area contributed by atoms with Crippen LogP contribution >= 0.6 is 11.3 Å². The van der Waals surface area contributed by atoms with Crippen molar-refractivity contribution in [3.05, 3.63) is 51.5 Å². The van der Waals surface area contributed by atoms with Crippen molar-refractivity contribution < 1.29 is 9.90 Å². The lowest BCUT2D eigenvalue weighted by Gasteiger charge is -2.27. The highest BCUT2D eigenvalue weighted by Crippen LogP contribution is 2.30. The summed E-state index contributed by atoms with van der Waals surface area (Å²) in [5, 5.41) is 15.6. The number of rotatable bonds is 3. The fourth-order valence-corrected chi connectivity index (χ4v) is 3.85. The molecule has 0 fully saturated rings. The number of carbonyl (C=O) groups excluding carboxylic acids is 1. The maximum atomic E-state index is 12.6. The fraction of sp³-hybridized carbons (Fsp3) is 0.444. The maximum absolute atomic E-state index is 12.6. The molecule has 0 radical (unpaired) electrons. The van der Waals surface area contributed by atoms with Gasteiger partial charge < -0.3 is 10.4 Å². The Morgan fingerprint density at radius 3 is 2.39 bits per heavy atom. The summed E-state index contributed by atoms with van der Waals surface area (Å²) in [5.74, 6) is -0.210. The van der Waals surface area contributed by atoms with E-state index in [1.165, 1.54) is 22.5 Å². The average Bonchev–Trinajstić information content (AvgIpc) is 3.11. The Morgan fingerprint density at radius 2 is 1.91 bits per heavy atom. The van der Waals surface area contributed by atoms with Gasteiger partial charge in [0, 0.05) is 10.8 Å². The van der Waals surface area contributed by atoms with Crippen molar-refractivity contribution in [2.45, 2.75) is 44.6 Å². The number of aliphatic hydroxyl groups is 1. The second-order valence-electron chi connectivity index (χ2n) is 7.30. The smallest absolute Gasteiger partial charge is 0.271 e. The van der Waals surface area contributed by atoms with Gasteiger partial charge in [-0.05, 0) is 24.0 Å². The van der Waals surface area contributed by atoms with E-state index >= 15 is 0 Å². The normalized spacial score (nSPS) is 16.2. The number of amides is 1. The van der Waals surface area contributed by atoms with E-state index in [9.17, 15) is 9.90 Å². The summed E-state index contributed by atoms with van der Waals surface area (Å²) in [6.07, 6.45) is 1.31. The van der Waals surface area contributed by atoms with E-state index in [1.54, 1.807) is 5.38 Å². The predicted molar refractivity (Wildman–Crippen MR) is 91.9 cm³/mol. The minimum Gasteiger partial charge on any atom is -0.394 e. The number of thiazole rings is 1. The summed E-state index contributed by atoms with van der Waals surface area (Å²) >= 11 is 1.50. The molecule has 2 aromatic rings. The summed E-state index contributed by atoms with van der Waals surface area (Å²) in [6.45, 7) is 6.16. The number of hydrogen-bond acceptors (Lipinski definition) is 4. The van der Waals surface area contributed by atoms with Crippen molar-refractivity contribution in [3.8, 4) is 0 Å². The second kappa shape index (κ2) is 5.73. The fourth-order valence-electron chi connectivity index (χ4n) is 2.96. The van der Waals surface area contributed by atoms with Crippen LogP contribution in [0, 0.1) is 0 Å². The number of hydrogen-bond donors (Lipinski definition) is 2. The Morgan fingerprint density at radius 1 is 1.30 bits per heavy atom. The van der Waals surface area contributed by atoms with Crippen LogP contribution in [-0.2, 0) is 18.3 Å². The van der Waals surface area contributed by atoms with Crippen molar-refractivity contribution >= 4 is 17.2 Å². The first-order valence-corrected chi connectivity index (χ1v) is 8.67. The van der Waals surface area contributed by atoms with E-state index in [1.807, 2.05) is 12.1 Å². The van der Waals surface area contributed by atoms with Crippen molar-refractivity contribution in [2.75, 3.05) is 6.61 Å². The summed E-state index contributed by atoms with van der Waals surface area (Å²) in [4.78, 5) is 17.0. The molecule has 4 nitrogen and oxygen atoms in total. The van der Waals surface area contributed by atoms with Gasteiger partial charge >= 0.3 is 0 Å². The zero-order valence-corrected chi connectivity index (χ0v) is 14.5. The maximum Gasteiger partial charge on any atom is 0.271 e. The van der Waals surface area contributed by atoms with Crippen molar-refractivity contribution in [1.82, 2.24) is 10.3 Å². The van der Waals surface area contributed by atoms with Gasteiger partial charge in [0.2, 0.25) is 0 Å². The molecule has 1 amide bonds. The van der Waals surface area contributed by atoms with E-state index in [-0.39, 0.29) is 17.9 Å². The van der Waals surface area contributed by atoms with Crippen molar-refractivity contribution in [2.24, 2.45) is 0 Å². The van der Waals surface area contributed by atoms with Crippen LogP contribution in [0.15, 0.2) is 29.6 Å². The molecule has 1 aromatic heterocycles. The SMILES string of the molecule is CC(C)(C)c1nc(C(=O)NC2(CO)Cc3ccccc3C2)cs1. The van der Waals surface area contributed by atoms with Crippen LogP contribution in [0.2, 0.25) is 0 Å². The molecule has 3 rings (SSSR count). The van der Waals surface area contributed by atoms with Gasteiger partial charge in [0.05, 0.1) is 17.2 Å². The Balaban J connectivity index is 1.78. The van der Waals surface area contributed by atoms with E-state index in [0.29, 0.717) is 18.5 Å². The third kappa shape index (κ3) is 3.16. The Hall–Kier alpha value is -1.72. The number of nitrogens with zero attached hydrogens (tertiary/aromatic N) is 1. The quantitative estimate of drug-likeness (QED) is 0.909. The van der Waals surface area contributed by atoms with E-state index < -0.39 is 5.54 Å². The van der Waals surface area contributed by atoms with Gasteiger partial charge in [0.15, 0.2) is 0 Å². The highest BCUT2D eigenvalue weighted by Gasteiger charge is 2.38. The van der Waals surface area contributed by atoms with Gasteiger partial charge in [-0.3, -0.25) is 4.79 Å². The standard InChI is InChI=1S/C18H22N2O2S/c1-17(2,3)16-19-14(10-23-16)15(22)20-18(11-21)8-12-6-4-5-7-13(12)9-18/h4-7,10,21H,8-9,11H2,1-3H3,(H,20,22). The predicted octanol–water partition coefficient (Wildman–Crippen LogP) is 2.70. The molecule has 0 unspecified atom stereocenters. The van der Waals surface area contributed by atoms with Gasteiger partial charge in [-0.2, -0.15) is 0 Å². The van der Waals surface area contributed by atoms with Gasteiger partial charge in [0.1, 0.15) is 5.69 Å². The monoisotopic (exact) mass is 330 g/mol. The molecule has 0 saturated heterocycles. The third-order valence-electron chi connectivity index (χ3n) is 4.24. The number of fused-ring (bicyclic) bond motifs is 1. The topological polar surface area (TPSA) is 62.2 Å². The van der Waals surface area contributed by atoms with Crippen molar-refractivity contribution in [1.29, 1.82) is 0 Å². The van der Waals surface area contributed by atoms with Gasteiger partial charge in [-0.25, -0.2) is 4.98 Å². The minimum absolute atomic E-state index is 0.0680. The Bertz CT molecular complexity index is 706. The molecule has 1 aliphatic carbocycles. The van der Waals surface area contributed by atoms with Crippen LogP contribution in [0.5, 0.6) is 0 Å². The van der Waals surface area contributed by atoms with Gasteiger partial charge in [-0.1, -0.05) is 45.0 Å². The number of carbonyl (C=O) groups is 1. The lowest BCUT2D eigenvalue weighted by molar-refractivity contribution is 0.0838. The average molecular weight is 330 g/mol. The highest BCUT2D eigenvalue weighted by molar-refractivity contribution is 7.10. The Kier molecular flexibility index (Phi) is 4.02. The third-order valence-corrected chi connectivity index (χ3v) is 5.50. The first kappa shape index (κ1) is 16.1. The molecular weight excluding hydrogens is 308 g/mol. The highest BCUT2D eigenvalue weighted by atomic mass is 32.1. The van der Waals surface area contributed by atoms with Crippen LogP contribution in [0.1, 0.15) is 47.4 Å². The zero-order valence-electron chi connectivity index (χ0n) is 13.7. The second-order valence-corrected chi connectivity index (χ2v) is 8.16. The van der Waals surface area contributed by atoms with E-state index in [4.69, 9.17) is 0 Å². The molecule has 23 heavy (non-hydrogen) atoms. The molecular formula is C18H22N2O2S. The van der Waals surface area contributed by atoms with E-state index in [2.05, 4.69) is 43.2 Å². The Labute approximate surface area is 140 Å². The molecule has 1 aromatic carbocycles. The zero-order chi connectivity index (χ0) is 16.7. The largest absolute Gasteiger partial charge is 0.394 e. The molecule has 1 heterocycles. The molecule has 0 saturated carbocycles. The van der Waals surface area contributed by atoms with Gasteiger partial charge in [0.25, 0.3) is 5.91 Å². The lowest BCUT2D eigenvalue weighted by atomic mass is 9.96. The summed E-state index contributed by atoms with van der Waals surface area (Å²) < 4.78 is 0. The van der Waals surface area contributed by atoms with E-state index in [0.717, 1.165) is 5.01 Å². The summed E-state index contributed by atoms with van der Waals surface area (Å²) in [6, 6.07) is 8.09. The minimum atomic E-state index is -0.619.